The fourth-order valence-corrected chi connectivity index (χ4v) is 5.88. The number of amides is 2. The van der Waals surface area contributed by atoms with Gasteiger partial charge in [-0.05, 0) is 22.8 Å². The maximum Gasteiger partial charge on any atom is 0.356 e. The molecule has 224 valence electrons. The quantitative estimate of drug-likeness (QED) is 0.0920. The Balaban J connectivity index is 1.57. The van der Waals surface area contributed by atoms with Crippen LogP contribution in [0, 0.1) is 0 Å². The maximum absolute atomic E-state index is 13.8. The number of β-lactam (4-membered cyclic amide) rings is 1. The number of oxime groups is 1. The normalized spacial score (nSPS) is 18.2. The first-order valence-corrected chi connectivity index (χ1v) is 14.7. The number of ketones is 1. The molecule has 1 saturated heterocycles. The number of esters is 2. The van der Waals surface area contributed by atoms with E-state index in [1.165, 1.54) is 28.3 Å². The number of nitrogens with zero attached hydrogens (tertiary/aromatic N) is 2. The van der Waals surface area contributed by atoms with Crippen LogP contribution in [0.2, 0.25) is 0 Å². The lowest BCUT2D eigenvalue weighted by atomic mass is 10.0. The summed E-state index contributed by atoms with van der Waals surface area (Å²) >= 11 is 12.7. The Kier molecular flexibility index (Phi) is 11.0. The highest BCUT2D eigenvalue weighted by Crippen LogP contribution is 2.42. The molecule has 1 unspecified atom stereocenters. The Morgan fingerprint density at radius 2 is 1.72 bits per heavy atom. The van der Waals surface area contributed by atoms with Crippen molar-refractivity contribution in [2.45, 2.75) is 17.5 Å². The number of allylic oxidation sites excluding steroid dienone is 1. The van der Waals surface area contributed by atoms with Crippen LogP contribution < -0.4 is 5.32 Å². The molecule has 4 rings (SSSR count). The van der Waals surface area contributed by atoms with Gasteiger partial charge in [0.1, 0.15) is 17.1 Å². The van der Waals surface area contributed by atoms with Gasteiger partial charge in [-0.2, -0.15) is 0 Å². The molecule has 0 spiro atoms. The number of ether oxygens (including phenoxy) is 2. The van der Waals surface area contributed by atoms with Gasteiger partial charge in [0.2, 0.25) is 18.1 Å². The molecule has 0 saturated carbocycles. The first-order chi connectivity index (χ1) is 20.8. The predicted octanol–water partition coefficient (Wildman–Crippen LogP) is 3.08. The van der Waals surface area contributed by atoms with Crippen LogP contribution in [0.3, 0.4) is 0 Å². The SMILES string of the molecule is COC(=O)CON=C(C(=O)CCl)C(=O)NC1C(=O)N2C(C(=O)OC(c3ccccc3)c3ccccc3)=C(/C=C/Cl)CS[C@H]12. The Hall–Kier alpha value is -4.13. The molecule has 2 aliphatic rings. The first-order valence-electron chi connectivity index (χ1n) is 12.7. The molecule has 11 nitrogen and oxygen atoms in total. The number of methoxy groups -OCH3 is 1. The van der Waals surface area contributed by atoms with Gasteiger partial charge in [0.15, 0.2) is 6.10 Å². The number of benzene rings is 2. The lowest BCUT2D eigenvalue weighted by molar-refractivity contribution is -0.154. The highest BCUT2D eigenvalue weighted by molar-refractivity contribution is 8.00. The third-order valence-electron chi connectivity index (χ3n) is 6.34. The molecular weight excluding hydrogens is 621 g/mol. The number of halogens is 2. The minimum Gasteiger partial charge on any atom is -0.466 e. The number of alkyl halides is 1. The lowest BCUT2D eigenvalue weighted by Crippen LogP contribution is -2.71. The van der Waals surface area contributed by atoms with E-state index < -0.39 is 65.3 Å². The van der Waals surface area contributed by atoms with Gasteiger partial charge in [0.25, 0.3) is 11.8 Å². The summed E-state index contributed by atoms with van der Waals surface area (Å²) in [6, 6.07) is 17.2. The van der Waals surface area contributed by atoms with E-state index in [1.807, 2.05) is 60.7 Å². The van der Waals surface area contributed by atoms with Crippen LogP contribution >= 0.6 is 35.0 Å². The molecular formula is C29H25Cl2N3O8S. The predicted molar refractivity (Wildman–Crippen MR) is 159 cm³/mol. The number of hydrogen-bond donors (Lipinski definition) is 1. The molecule has 0 bridgehead atoms. The van der Waals surface area contributed by atoms with Gasteiger partial charge in [0, 0.05) is 11.3 Å². The molecule has 0 aromatic heterocycles. The Bertz CT molecular complexity index is 1440. The van der Waals surface area contributed by atoms with Crippen LogP contribution in [0.1, 0.15) is 17.2 Å². The number of carbonyl (C=O) groups excluding carboxylic acids is 5. The molecule has 43 heavy (non-hydrogen) atoms. The lowest BCUT2D eigenvalue weighted by Gasteiger charge is -2.49. The minimum atomic E-state index is -1.12. The number of carbonyl (C=O) groups is 5. The van der Waals surface area contributed by atoms with E-state index in [9.17, 15) is 24.0 Å². The molecule has 2 aliphatic heterocycles. The van der Waals surface area contributed by atoms with Crippen LogP contribution in [0.4, 0.5) is 0 Å². The van der Waals surface area contributed by atoms with Crippen molar-refractivity contribution in [3.8, 4) is 0 Å². The van der Waals surface area contributed by atoms with E-state index in [0.29, 0.717) is 5.57 Å². The summed E-state index contributed by atoms with van der Waals surface area (Å²) in [6.07, 6.45) is 0.734. The van der Waals surface area contributed by atoms with Crippen molar-refractivity contribution in [1.29, 1.82) is 0 Å². The van der Waals surface area contributed by atoms with Gasteiger partial charge in [0.05, 0.1) is 13.0 Å². The molecule has 2 atom stereocenters. The first kappa shape index (κ1) is 31.8. The van der Waals surface area contributed by atoms with E-state index >= 15 is 0 Å². The van der Waals surface area contributed by atoms with E-state index in [4.69, 9.17) is 32.8 Å². The molecule has 0 radical (unpaired) electrons. The number of fused-ring (bicyclic) bond motifs is 1. The average molecular weight is 647 g/mol. The van der Waals surface area contributed by atoms with Gasteiger partial charge in [-0.1, -0.05) is 77.4 Å². The van der Waals surface area contributed by atoms with E-state index in [0.717, 1.165) is 18.2 Å². The summed E-state index contributed by atoms with van der Waals surface area (Å²) in [5, 5.41) is 5.17. The standard InChI is InChI=1S/C29H25Cl2N3O8S/c1-40-21(36)15-41-33-22(20(35)14-31)26(37)32-23-27(38)34-24(19(12-13-30)16-43-28(23)34)29(39)42-25(17-8-4-2-5-9-17)18-10-6-3-7-11-18/h2-13,23,25,28H,14-16H2,1H3,(H,32,37)/b13-12+,33-22?/t23?,28-/m1/s1. The van der Waals surface area contributed by atoms with Crippen LogP contribution in [0.15, 0.2) is 88.7 Å². The van der Waals surface area contributed by atoms with Gasteiger partial charge in [-0.3, -0.25) is 19.3 Å². The van der Waals surface area contributed by atoms with Crippen molar-refractivity contribution in [2.24, 2.45) is 5.16 Å². The largest absolute Gasteiger partial charge is 0.466 e. The zero-order valence-corrected chi connectivity index (χ0v) is 24.9. The second-order valence-electron chi connectivity index (χ2n) is 8.98. The van der Waals surface area contributed by atoms with Crippen LogP contribution in [-0.2, 0) is 38.3 Å². The molecule has 14 heteroatoms. The van der Waals surface area contributed by atoms with Gasteiger partial charge in [-0.15, -0.1) is 23.4 Å². The summed E-state index contributed by atoms with van der Waals surface area (Å²) in [6.45, 7) is -0.655. The number of Topliss-reactive ketones (excluding diaryl/α,β-unsaturated/α-hetero) is 1. The van der Waals surface area contributed by atoms with Gasteiger partial charge in [-0.25, -0.2) is 9.59 Å². The fourth-order valence-electron chi connectivity index (χ4n) is 4.28. The number of rotatable bonds is 12. The highest BCUT2D eigenvalue weighted by atomic mass is 35.5. The highest BCUT2D eigenvalue weighted by Gasteiger charge is 2.54. The summed E-state index contributed by atoms with van der Waals surface area (Å²) in [4.78, 5) is 69.6. The maximum atomic E-state index is 13.8. The monoisotopic (exact) mass is 645 g/mol. The van der Waals surface area contributed by atoms with Crippen molar-refractivity contribution in [3.63, 3.8) is 0 Å². The van der Waals surface area contributed by atoms with Crippen LogP contribution in [-0.4, -0.2) is 76.9 Å². The van der Waals surface area contributed by atoms with Crippen molar-refractivity contribution in [2.75, 3.05) is 25.3 Å². The zero-order valence-electron chi connectivity index (χ0n) is 22.6. The average Bonchev–Trinajstić information content (AvgIpc) is 3.04. The van der Waals surface area contributed by atoms with Gasteiger partial charge >= 0.3 is 11.9 Å². The van der Waals surface area contributed by atoms with E-state index in [2.05, 4.69) is 15.2 Å². The van der Waals surface area contributed by atoms with Crippen LogP contribution in [0.25, 0.3) is 0 Å². The third-order valence-corrected chi connectivity index (χ3v) is 8.01. The zero-order chi connectivity index (χ0) is 30.9. The van der Waals surface area contributed by atoms with Crippen molar-refractivity contribution >= 4 is 70.2 Å². The van der Waals surface area contributed by atoms with Crippen molar-refractivity contribution in [3.05, 3.63) is 94.7 Å². The second-order valence-corrected chi connectivity index (χ2v) is 10.6. The molecule has 2 aromatic rings. The number of thioether (sulfide) groups is 1. The smallest absolute Gasteiger partial charge is 0.356 e. The third kappa shape index (κ3) is 7.27. The Morgan fingerprint density at radius 1 is 1.09 bits per heavy atom. The Morgan fingerprint density at radius 3 is 2.28 bits per heavy atom. The molecule has 2 heterocycles. The molecule has 1 fully saturated rings. The van der Waals surface area contributed by atoms with Crippen LogP contribution in [0.5, 0.6) is 0 Å². The summed E-state index contributed by atoms with van der Waals surface area (Å²) in [7, 11) is 1.12. The van der Waals surface area contributed by atoms with Crippen molar-refractivity contribution in [1.82, 2.24) is 10.2 Å². The molecule has 1 N–H and O–H groups in total. The number of hydrogen-bond acceptors (Lipinski definition) is 10. The summed E-state index contributed by atoms with van der Waals surface area (Å²) in [5.74, 6) is -4.45. The van der Waals surface area contributed by atoms with E-state index in [1.54, 1.807) is 0 Å². The topological polar surface area (TPSA) is 141 Å². The molecule has 0 aliphatic carbocycles. The molecule has 2 aromatic carbocycles. The van der Waals surface area contributed by atoms with E-state index in [-0.39, 0.29) is 11.4 Å². The minimum absolute atomic E-state index is 0.0138. The fraction of sp³-hybridized carbons (Fsp3) is 0.241. The summed E-state index contributed by atoms with van der Waals surface area (Å²) in [5.41, 5.74) is 2.39. The molecule has 2 amide bonds. The number of nitrogens with one attached hydrogen (secondary N) is 1. The van der Waals surface area contributed by atoms with Gasteiger partial charge < -0.3 is 19.6 Å². The Labute approximate surface area is 260 Å². The second kappa shape index (κ2) is 14.9. The van der Waals surface area contributed by atoms with Crippen molar-refractivity contribution < 1.29 is 38.3 Å². The summed E-state index contributed by atoms with van der Waals surface area (Å²) < 4.78 is 10.4.